The third-order valence-electron chi connectivity index (χ3n) is 1.63. The van der Waals surface area contributed by atoms with E-state index in [1.807, 2.05) is 33.8 Å². The first kappa shape index (κ1) is 10.0. The smallest absolute Gasteiger partial charge is 0.146 e. The Bertz CT molecular complexity index is 299. The van der Waals surface area contributed by atoms with E-state index in [2.05, 4.69) is 5.32 Å². The fourth-order valence-electron chi connectivity index (χ4n) is 1.14. The van der Waals surface area contributed by atoms with E-state index in [9.17, 15) is 4.39 Å². The molecule has 0 heterocycles. The second-order valence-corrected chi connectivity index (χ2v) is 4.36. The Kier molecular flexibility index (Phi) is 2.60. The van der Waals surface area contributed by atoms with Crippen molar-refractivity contribution in [3.05, 3.63) is 29.6 Å². The van der Waals surface area contributed by atoms with Gasteiger partial charge in [0, 0.05) is 5.54 Å². The van der Waals surface area contributed by atoms with Gasteiger partial charge in [0.15, 0.2) is 0 Å². The van der Waals surface area contributed by atoms with Crippen molar-refractivity contribution in [1.29, 1.82) is 0 Å². The molecule has 1 nitrogen and oxygen atoms in total. The van der Waals surface area contributed by atoms with Gasteiger partial charge in [-0.2, -0.15) is 0 Å². The minimum absolute atomic E-state index is 0.103. The summed E-state index contributed by atoms with van der Waals surface area (Å²) in [7, 11) is 0. The largest absolute Gasteiger partial charge is 0.378 e. The number of nitrogens with one attached hydrogen (secondary N) is 1. The highest BCUT2D eigenvalue weighted by Gasteiger charge is 2.11. The standard InChI is InChI=1S/C11H16FN/c1-8-5-6-9(12)10(7-8)13-11(2,3)4/h5-7,13H,1-4H3. The van der Waals surface area contributed by atoms with Crippen LogP contribution in [0.5, 0.6) is 0 Å². The lowest BCUT2D eigenvalue weighted by Crippen LogP contribution is -2.26. The molecule has 0 saturated heterocycles. The van der Waals surface area contributed by atoms with Gasteiger partial charge in [-0.05, 0) is 45.4 Å². The molecule has 0 amide bonds. The summed E-state index contributed by atoms with van der Waals surface area (Å²) in [6.45, 7) is 7.98. The first-order valence-electron chi connectivity index (χ1n) is 4.43. The summed E-state index contributed by atoms with van der Waals surface area (Å²) in [5.74, 6) is -0.194. The van der Waals surface area contributed by atoms with Crippen LogP contribution in [-0.4, -0.2) is 5.54 Å². The summed E-state index contributed by atoms with van der Waals surface area (Å²) in [6, 6.07) is 5.08. The molecule has 0 aliphatic rings. The molecule has 0 saturated carbocycles. The zero-order chi connectivity index (χ0) is 10.1. The molecule has 0 aliphatic heterocycles. The second kappa shape index (κ2) is 3.36. The molecule has 0 aliphatic carbocycles. The number of benzene rings is 1. The number of aryl methyl sites for hydroxylation is 1. The van der Waals surface area contributed by atoms with Crippen molar-refractivity contribution in [1.82, 2.24) is 0 Å². The molecule has 0 bridgehead atoms. The zero-order valence-corrected chi connectivity index (χ0v) is 8.61. The van der Waals surface area contributed by atoms with Crippen molar-refractivity contribution >= 4 is 5.69 Å². The second-order valence-electron chi connectivity index (χ2n) is 4.36. The number of rotatable bonds is 1. The molecule has 0 fully saturated rings. The van der Waals surface area contributed by atoms with Crippen LogP contribution in [-0.2, 0) is 0 Å². The van der Waals surface area contributed by atoms with Crippen molar-refractivity contribution in [2.75, 3.05) is 5.32 Å². The topological polar surface area (TPSA) is 12.0 Å². The maximum absolute atomic E-state index is 13.2. The van der Waals surface area contributed by atoms with E-state index in [1.54, 1.807) is 6.07 Å². The van der Waals surface area contributed by atoms with E-state index in [0.29, 0.717) is 5.69 Å². The van der Waals surface area contributed by atoms with Gasteiger partial charge in [-0.3, -0.25) is 0 Å². The fraction of sp³-hybridized carbons (Fsp3) is 0.455. The summed E-state index contributed by atoms with van der Waals surface area (Å²) in [5.41, 5.74) is 1.54. The Morgan fingerprint density at radius 1 is 1.23 bits per heavy atom. The van der Waals surface area contributed by atoms with E-state index in [-0.39, 0.29) is 11.4 Å². The Hall–Kier alpha value is -1.05. The Labute approximate surface area is 79.0 Å². The highest BCUT2D eigenvalue weighted by Crippen LogP contribution is 2.19. The first-order chi connectivity index (χ1) is 5.88. The molecule has 2 heteroatoms. The predicted molar refractivity (Wildman–Crippen MR) is 54.5 cm³/mol. The Balaban J connectivity index is 2.94. The van der Waals surface area contributed by atoms with Crippen LogP contribution in [0.15, 0.2) is 18.2 Å². The highest BCUT2D eigenvalue weighted by atomic mass is 19.1. The number of hydrogen-bond acceptors (Lipinski definition) is 1. The number of halogens is 1. The summed E-state index contributed by atoms with van der Waals surface area (Å²) < 4.78 is 13.2. The lowest BCUT2D eigenvalue weighted by molar-refractivity contribution is 0.598. The lowest BCUT2D eigenvalue weighted by atomic mass is 10.1. The van der Waals surface area contributed by atoms with Crippen LogP contribution in [0.25, 0.3) is 0 Å². The van der Waals surface area contributed by atoms with Crippen LogP contribution in [0.3, 0.4) is 0 Å². The summed E-state index contributed by atoms with van der Waals surface area (Å²) in [6.07, 6.45) is 0. The van der Waals surface area contributed by atoms with Gasteiger partial charge in [0.2, 0.25) is 0 Å². The molecular weight excluding hydrogens is 165 g/mol. The maximum atomic E-state index is 13.2. The van der Waals surface area contributed by atoms with Gasteiger partial charge in [0.1, 0.15) is 5.82 Å². The molecule has 0 spiro atoms. The summed E-state index contributed by atoms with van der Waals surface area (Å²) in [4.78, 5) is 0. The predicted octanol–water partition coefficient (Wildman–Crippen LogP) is 3.34. The van der Waals surface area contributed by atoms with Crippen molar-refractivity contribution in [2.45, 2.75) is 33.2 Å². The Morgan fingerprint density at radius 2 is 1.85 bits per heavy atom. The normalized spacial score (nSPS) is 11.5. The van der Waals surface area contributed by atoms with Crippen LogP contribution in [0.2, 0.25) is 0 Å². The average Bonchev–Trinajstić information content (AvgIpc) is 1.94. The maximum Gasteiger partial charge on any atom is 0.146 e. The van der Waals surface area contributed by atoms with Crippen LogP contribution >= 0.6 is 0 Å². The van der Waals surface area contributed by atoms with E-state index in [1.165, 1.54) is 6.07 Å². The number of anilines is 1. The van der Waals surface area contributed by atoms with Gasteiger partial charge >= 0.3 is 0 Å². The summed E-state index contributed by atoms with van der Waals surface area (Å²) in [5, 5.41) is 3.12. The first-order valence-corrected chi connectivity index (χ1v) is 4.43. The third-order valence-corrected chi connectivity index (χ3v) is 1.63. The molecule has 1 aromatic rings. The molecule has 0 unspecified atom stereocenters. The van der Waals surface area contributed by atoms with Gasteiger partial charge < -0.3 is 5.32 Å². The molecule has 1 N–H and O–H groups in total. The van der Waals surface area contributed by atoms with Gasteiger partial charge in [0.25, 0.3) is 0 Å². The molecule has 1 aromatic carbocycles. The van der Waals surface area contributed by atoms with Gasteiger partial charge in [0.05, 0.1) is 5.69 Å². The highest BCUT2D eigenvalue weighted by molar-refractivity contribution is 5.48. The SMILES string of the molecule is Cc1ccc(F)c(NC(C)(C)C)c1. The van der Waals surface area contributed by atoms with Gasteiger partial charge in [-0.15, -0.1) is 0 Å². The van der Waals surface area contributed by atoms with Crippen molar-refractivity contribution in [2.24, 2.45) is 0 Å². The van der Waals surface area contributed by atoms with Crippen molar-refractivity contribution < 1.29 is 4.39 Å². The molecule has 13 heavy (non-hydrogen) atoms. The average molecular weight is 181 g/mol. The molecule has 0 atom stereocenters. The zero-order valence-electron chi connectivity index (χ0n) is 8.61. The van der Waals surface area contributed by atoms with Crippen LogP contribution < -0.4 is 5.32 Å². The van der Waals surface area contributed by atoms with E-state index in [0.717, 1.165) is 5.56 Å². The molecule has 1 rings (SSSR count). The Morgan fingerprint density at radius 3 is 2.38 bits per heavy atom. The van der Waals surface area contributed by atoms with Gasteiger partial charge in [-0.1, -0.05) is 6.07 Å². The number of hydrogen-bond donors (Lipinski definition) is 1. The molecule has 0 aromatic heterocycles. The van der Waals surface area contributed by atoms with Crippen molar-refractivity contribution in [3.8, 4) is 0 Å². The van der Waals surface area contributed by atoms with Gasteiger partial charge in [-0.25, -0.2) is 4.39 Å². The fourth-order valence-corrected chi connectivity index (χ4v) is 1.14. The molecular formula is C11H16FN. The van der Waals surface area contributed by atoms with Crippen LogP contribution in [0.4, 0.5) is 10.1 Å². The van der Waals surface area contributed by atoms with E-state index < -0.39 is 0 Å². The quantitative estimate of drug-likeness (QED) is 0.700. The minimum Gasteiger partial charge on any atom is -0.378 e. The van der Waals surface area contributed by atoms with Crippen LogP contribution in [0, 0.1) is 12.7 Å². The third kappa shape index (κ3) is 3.05. The van der Waals surface area contributed by atoms with Crippen molar-refractivity contribution in [3.63, 3.8) is 0 Å². The molecule has 0 radical (unpaired) electrons. The monoisotopic (exact) mass is 181 g/mol. The minimum atomic E-state index is -0.194. The lowest BCUT2D eigenvalue weighted by Gasteiger charge is -2.22. The van der Waals surface area contributed by atoms with E-state index in [4.69, 9.17) is 0 Å². The van der Waals surface area contributed by atoms with E-state index >= 15 is 0 Å². The summed E-state index contributed by atoms with van der Waals surface area (Å²) >= 11 is 0. The van der Waals surface area contributed by atoms with Crippen LogP contribution in [0.1, 0.15) is 26.3 Å². The molecule has 72 valence electrons.